The summed E-state index contributed by atoms with van der Waals surface area (Å²) in [6, 6.07) is 9.05. The minimum atomic E-state index is -1.12. The van der Waals surface area contributed by atoms with Crippen LogP contribution >= 0.6 is 0 Å². The molecule has 0 spiro atoms. The van der Waals surface area contributed by atoms with Gasteiger partial charge in [0.15, 0.2) is 6.29 Å². The summed E-state index contributed by atoms with van der Waals surface area (Å²) in [6.45, 7) is 4.40. The Kier molecular flexibility index (Phi) is 5.59. The molecule has 21 heavy (non-hydrogen) atoms. The van der Waals surface area contributed by atoms with Crippen molar-refractivity contribution in [2.24, 2.45) is 11.0 Å². The number of ether oxygens (including phenoxy) is 2. The molecule has 6 nitrogen and oxygen atoms in total. The number of benzene rings is 1. The molecule has 1 saturated heterocycles. The van der Waals surface area contributed by atoms with Gasteiger partial charge in [0.25, 0.3) is 0 Å². The fourth-order valence-electron chi connectivity index (χ4n) is 2.74. The van der Waals surface area contributed by atoms with Gasteiger partial charge in [-0.2, -0.15) is 0 Å². The molecule has 0 saturated carbocycles. The van der Waals surface area contributed by atoms with Gasteiger partial charge < -0.3 is 14.6 Å². The van der Waals surface area contributed by atoms with Crippen molar-refractivity contribution >= 4 is 0 Å². The smallest absolute Gasteiger partial charge is 0.165 e. The van der Waals surface area contributed by atoms with E-state index in [-0.39, 0.29) is 18.1 Å². The number of azide groups is 1. The van der Waals surface area contributed by atoms with Crippen LogP contribution < -0.4 is 0 Å². The van der Waals surface area contributed by atoms with Crippen molar-refractivity contribution in [3.63, 3.8) is 0 Å². The molecule has 5 atom stereocenters. The van der Waals surface area contributed by atoms with Gasteiger partial charge in [-0.1, -0.05) is 49.3 Å². The van der Waals surface area contributed by atoms with E-state index in [2.05, 4.69) is 10.0 Å². The van der Waals surface area contributed by atoms with E-state index in [1.54, 1.807) is 0 Å². The average molecular weight is 291 g/mol. The van der Waals surface area contributed by atoms with Gasteiger partial charge in [0.2, 0.25) is 0 Å². The Hall–Kier alpha value is -1.59. The van der Waals surface area contributed by atoms with E-state index in [0.717, 1.165) is 12.0 Å². The molecule has 1 fully saturated rings. The van der Waals surface area contributed by atoms with E-state index in [1.807, 2.05) is 44.2 Å². The van der Waals surface area contributed by atoms with Crippen LogP contribution in [0.5, 0.6) is 0 Å². The highest BCUT2D eigenvalue weighted by atomic mass is 16.6. The van der Waals surface area contributed by atoms with E-state index in [9.17, 15) is 5.11 Å². The zero-order valence-corrected chi connectivity index (χ0v) is 12.3. The lowest BCUT2D eigenvalue weighted by molar-refractivity contribution is -0.233. The van der Waals surface area contributed by atoms with Gasteiger partial charge in [0.05, 0.1) is 18.8 Å². The van der Waals surface area contributed by atoms with E-state index in [0.29, 0.717) is 6.61 Å². The predicted molar refractivity (Wildman–Crippen MR) is 78.3 cm³/mol. The van der Waals surface area contributed by atoms with Crippen molar-refractivity contribution in [3.8, 4) is 0 Å². The first kappa shape index (κ1) is 15.8. The van der Waals surface area contributed by atoms with Crippen molar-refractivity contribution in [1.29, 1.82) is 0 Å². The minimum absolute atomic E-state index is 0.0395. The summed E-state index contributed by atoms with van der Waals surface area (Å²) >= 11 is 0. The Morgan fingerprint density at radius 2 is 2.10 bits per heavy atom. The van der Waals surface area contributed by atoms with Crippen LogP contribution in [0.15, 0.2) is 35.4 Å². The molecule has 0 aliphatic carbocycles. The molecule has 0 aromatic heterocycles. The van der Waals surface area contributed by atoms with Crippen LogP contribution in [-0.4, -0.2) is 29.6 Å². The SMILES string of the molecule is CCC1OC(O)[C@H](N=[N+]=[N-])[C@@H](OCc2ccccc2)C1C. The molecule has 114 valence electrons. The Balaban J connectivity index is 2.11. The summed E-state index contributed by atoms with van der Waals surface area (Å²) in [4.78, 5) is 2.81. The quantitative estimate of drug-likeness (QED) is 0.514. The largest absolute Gasteiger partial charge is 0.373 e. The summed E-state index contributed by atoms with van der Waals surface area (Å²) in [7, 11) is 0. The van der Waals surface area contributed by atoms with Crippen LogP contribution in [0.3, 0.4) is 0 Å². The number of hydrogen-bond donors (Lipinski definition) is 1. The van der Waals surface area contributed by atoms with E-state index in [4.69, 9.17) is 15.0 Å². The summed E-state index contributed by atoms with van der Waals surface area (Å²) in [5, 5.41) is 13.7. The molecule has 1 heterocycles. The summed E-state index contributed by atoms with van der Waals surface area (Å²) in [5.41, 5.74) is 9.72. The third-order valence-corrected chi connectivity index (χ3v) is 3.92. The van der Waals surface area contributed by atoms with Gasteiger partial charge in [-0.15, -0.1) is 0 Å². The number of rotatable bonds is 5. The van der Waals surface area contributed by atoms with Gasteiger partial charge in [-0.05, 0) is 17.5 Å². The molecule has 0 radical (unpaired) electrons. The fraction of sp³-hybridized carbons (Fsp3) is 0.600. The standard InChI is InChI=1S/C15H21N3O3/c1-3-12-10(2)14(13(17-18-16)15(19)21-12)20-9-11-7-5-4-6-8-11/h4-8,10,12-15,19H,3,9H2,1-2H3/t10?,12?,13-,14+,15?/m1/s1. The van der Waals surface area contributed by atoms with E-state index >= 15 is 0 Å². The summed E-state index contributed by atoms with van der Waals surface area (Å²) in [6.07, 6.45) is -0.824. The van der Waals surface area contributed by atoms with Gasteiger partial charge in [0.1, 0.15) is 6.04 Å². The highest BCUT2D eigenvalue weighted by Gasteiger charge is 2.42. The van der Waals surface area contributed by atoms with Crippen LogP contribution in [0, 0.1) is 5.92 Å². The van der Waals surface area contributed by atoms with Crippen LogP contribution in [0.25, 0.3) is 10.4 Å². The van der Waals surface area contributed by atoms with Crippen molar-refractivity contribution < 1.29 is 14.6 Å². The maximum absolute atomic E-state index is 10.0. The summed E-state index contributed by atoms with van der Waals surface area (Å²) in [5.74, 6) is 0.0395. The lowest BCUT2D eigenvalue weighted by Crippen LogP contribution is -2.53. The molecule has 1 aliphatic heterocycles. The normalized spacial score (nSPS) is 32.4. The van der Waals surface area contributed by atoms with Crippen molar-refractivity contribution in [2.45, 2.75) is 51.4 Å². The lowest BCUT2D eigenvalue weighted by Gasteiger charge is -2.42. The van der Waals surface area contributed by atoms with Crippen LogP contribution in [0.1, 0.15) is 25.8 Å². The van der Waals surface area contributed by atoms with Crippen LogP contribution in [0.4, 0.5) is 0 Å². The fourth-order valence-corrected chi connectivity index (χ4v) is 2.74. The highest BCUT2D eigenvalue weighted by Crippen LogP contribution is 2.31. The lowest BCUT2D eigenvalue weighted by atomic mass is 9.88. The average Bonchev–Trinajstić information content (AvgIpc) is 2.51. The number of nitrogens with zero attached hydrogens (tertiary/aromatic N) is 3. The molecule has 0 amide bonds. The Bertz CT molecular complexity index is 490. The van der Waals surface area contributed by atoms with Gasteiger partial charge >= 0.3 is 0 Å². The molecular formula is C15H21N3O3. The first-order valence-corrected chi connectivity index (χ1v) is 7.20. The molecule has 0 bridgehead atoms. The van der Waals surface area contributed by atoms with Crippen molar-refractivity contribution in [2.75, 3.05) is 0 Å². The second kappa shape index (κ2) is 7.43. The van der Waals surface area contributed by atoms with Gasteiger partial charge in [-0.3, -0.25) is 0 Å². The zero-order chi connectivity index (χ0) is 15.2. The number of aliphatic hydroxyl groups excluding tert-OH is 1. The highest BCUT2D eigenvalue weighted by molar-refractivity contribution is 5.13. The van der Waals surface area contributed by atoms with Crippen molar-refractivity contribution in [1.82, 2.24) is 0 Å². The maximum atomic E-state index is 10.0. The third kappa shape index (κ3) is 3.74. The van der Waals surface area contributed by atoms with E-state index in [1.165, 1.54) is 0 Å². The molecule has 1 aromatic rings. The van der Waals surface area contributed by atoms with Gasteiger partial charge in [0, 0.05) is 10.8 Å². The minimum Gasteiger partial charge on any atom is -0.373 e. The van der Waals surface area contributed by atoms with E-state index < -0.39 is 12.3 Å². The third-order valence-electron chi connectivity index (χ3n) is 3.92. The van der Waals surface area contributed by atoms with Crippen LogP contribution in [-0.2, 0) is 16.1 Å². The van der Waals surface area contributed by atoms with Crippen LogP contribution in [0.2, 0.25) is 0 Å². The topological polar surface area (TPSA) is 87.5 Å². The van der Waals surface area contributed by atoms with Crippen molar-refractivity contribution in [3.05, 3.63) is 46.3 Å². The Labute approximate surface area is 124 Å². The molecule has 6 heteroatoms. The molecule has 1 aromatic carbocycles. The second-order valence-corrected chi connectivity index (χ2v) is 5.29. The first-order valence-electron chi connectivity index (χ1n) is 7.20. The molecule has 1 aliphatic rings. The monoisotopic (exact) mass is 291 g/mol. The Morgan fingerprint density at radius 3 is 2.71 bits per heavy atom. The molecule has 3 unspecified atom stereocenters. The molecule has 1 N–H and O–H groups in total. The van der Waals surface area contributed by atoms with Gasteiger partial charge in [-0.25, -0.2) is 0 Å². The number of aliphatic hydroxyl groups is 1. The zero-order valence-electron chi connectivity index (χ0n) is 12.3. The molecular weight excluding hydrogens is 270 g/mol. The number of hydrogen-bond acceptors (Lipinski definition) is 4. The second-order valence-electron chi connectivity index (χ2n) is 5.29. The predicted octanol–water partition coefficient (Wildman–Crippen LogP) is 3.01. The first-order chi connectivity index (χ1) is 10.2. The Morgan fingerprint density at radius 1 is 1.38 bits per heavy atom. The molecule has 2 rings (SSSR count). The maximum Gasteiger partial charge on any atom is 0.165 e. The summed E-state index contributed by atoms with van der Waals surface area (Å²) < 4.78 is 11.4.